The fraction of sp³-hybridized carbons (Fsp3) is 0.222. The molecule has 3 N–H and O–H groups in total. The summed E-state index contributed by atoms with van der Waals surface area (Å²) in [4.78, 5) is 24.9. The first-order chi connectivity index (χ1) is 13.2. The zero-order valence-corrected chi connectivity index (χ0v) is 16.4. The van der Waals surface area contributed by atoms with E-state index < -0.39 is 15.9 Å². The zero-order valence-electron chi connectivity index (χ0n) is 15.6. The maximum atomic E-state index is 12.4. The summed E-state index contributed by atoms with van der Waals surface area (Å²) in [5.74, 6) is -0.277. The van der Waals surface area contributed by atoms with E-state index in [4.69, 9.17) is 9.47 Å². The minimum Gasteiger partial charge on any atom is -0.495 e. The van der Waals surface area contributed by atoms with E-state index in [1.54, 1.807) is 18.2 Å². The van der Waals surface area contributed by atoms with Gasteiger partial charge in [-0.15, -0.1) is 4.83 Å². The molecule has 0 aliphatic heterocycles. The molecule has 10 heteroatoms. The smallest absolute Gasteiger partial charge is 0.272 e. The number of carbonyl (C=O) groups is 2. The van der Waals surface area contributed by atoms with E-state index in [0.29, 0.717) is 11.5 Å². The number of methoxy groups -OCH3 is 1. The molecule has 0 fully saturated rings. The summed E-state index contributed by atoms with van der Waals surface area (Å²) in [6.45, 7) is 2.80. The lowest BCUT2D eigenvalue weighted by Gasteiger charge is -2.13. The predicted octanol–water partition coefficient (Wildman–Crippen LogP) is 1.35. The van der Waals surface area contributed by atoms with E-state index in [1.165, 1.54) is 32.2 Å². The SMILES string of the molecule is COc1ccc(S(=O)(=O)NNC(=O)COc2cccc(C)c2)cc1NC(C)=O. The van der Waals surface area contributed by atoms with E-state index >= 15 is 0 Å². The van der Waals surface area contributed by atoms with Crippen molar-refractivity contribution in [1.82, 2.24) is 10.3 Å². The lowest BCUT2D eigenvalue weighted by atomic mass is 10.2. The van der Waals surface area contributed by atoms with Gasteiger partial charge in [0.2, 0.25) is 5.91 Å². The first kappa shape index (κ1) is 21.2. The summed E-state index contributed by atoms with van der Waals surface area (Å²) in [7, 11) is -2.68. The Morgan fingerprint density at radius 2 is 1.86 bits per heavy atom. The van der Waals surface area contributed by atoms with Crippen LogP contribution in [0, 0.1) is 6.92 Å². The molecule has 2 rings (SSSR count). The Hall–Kier alpha value is -3.11. The highest BCUT2D eigenvalue weighted by Crippen LogP contribution is 2.27. The molecule has 0 radical (unpaired) electrons. The number of anilines is 1. The van der Waals surface area contributed by atoms with Gasteiger partial charge in [-0.2, -0.15) is 0 Å². The summed E-state index contributed by atoms with van der Waals surface area (Å²) in [5.41, 5.74) is 3.23. The van der Waals surface area contributed by atoms with Crippen molar-refractivity contribution in [3.05, 3.63) is 48.0 Å². The number of amides is 2. The molecular weight excluding hydrogens is 386 g/mol. The quantitative estimate of drug-likeness (QED) is 0.568. The lowest BCUT2D eigenvalue weighted by molar-refractivity contribution is -0.123. The average molecular weight is 407 g/mol. The van der Waals surface area contributed by atoms with Crippen LogP contribution in [-0.4, -0.2) is 33.9 Å². The van der Waals surface area contributed by atoms with Crippen LogP contribution in [0.3, 0.4) is 0 Å². The molecule has 0 atom stereocenters. The number of hydrogen-bond donors (Lipinski definition) is 3. The monoisotopic (exact) mass is 407 g/mol. The Balaban J connectivity index is 2.00. The summed E-state index contributed by atoms with van der Waals surface area (Å²) in [6, 6.07) is 11.0. The van der Waals surface area contributed by atoms with E-state index in [-0.39, 0.29) is 23.1 Å². The highest BCUT2D eigenvalue weighted by molar-refractivity contribution is 7.89. The lowest BCUT2D eigenvalue weighted by Crippen LogP contribution is -2.43. The minimum absolute atomic E-state index is 0.169. The summed E-state index contributed by atoms with van der Waals surface area (Å²) in [5, 5.41) is 2.48. The molecule has 2 aromatic rings. The number of sulfonamides is 1. The first-order valence-corrected chi connectivity index (χ1v) is 9.65. The van der Waals surface area contributed by atoms with Crippen LogP contribution in [0.4, 0.5) is 5.69 Å². The topological polar surface area (TPSA) is 123 Å². The Bertz CT molecular complexity index is 975. The van der Waals surface area contributed by atoms with Crippen molar-refractivity contribution in [1.29, 1.82) is 0 Å². The standard InChI is InChI=1S/C18H21N3O6S/c1-12-5-4-6-14(9-12)27-11-18(23)20-21-28(24,25)15-7-8-17(26-3)16(10-15)19-13(2)22/h4-10,21H,11H2,1-3H3,(H,19,22)(H,20,23). The highest BCUT2D eigenvalue weighted by atomic mass is 32.2. The van der Waals surface area contributed by atoms with Crippen LogP contribution in [0.15, 0.2) is 47.4 Å². The molecule has 150 valence electrons. The van der Waals surface area contributed by atoms with E-state index in [2.05, 4.69) is 10.7 Å². The second-order valence-corrected chi connectivity index (χ2v) is 7.48. The third-order valence-corrected chi connectivity index (χ3v) is 4.72. The van der Waals surface area contributed by atoms with E-state index in [9.17, 15) is 18.0 Å². The van der Waals surface area contributed by atoms with Crippen molar-refractivity contribution in [2.45, 2.75) is 18.7 Å². The summed E-state index contributed by atoms with van der Waals surface area (Å²) < 4.78 is 35.1. The fourth-order valence-electron chi connectivity index (χ4n) is 2.21. The first-order valence-electron chi connectivity index (χ1n) is 8.17. The molecule has 0 spiro atoms. The van der Waals surface area contributed by atoms with Crippen LogP contribution in [0.1, 0.15) is 12.5 Å². The summed E-state index contributed by atoms with van der Waals surface area (Å²) in [6.07, 6.45) is 0. The van der Waals surface area contributed by atoms with Crippen LogP contribution in [0.25, 0.3) is 0 Å². The van der Waals surface area contributed by atoms with Crippen LogP contribution in [-0.2, 0) is 19.6 Å². The fourth-order valence-corrected chi connectivity index (χ4v) is 3.10. The van der Waals surface area contributed by atoms with Crippen molar-refractivity contribution >= 4 is 27.5 Å². The van der Waals surface area contributed by atoms with Gasteiger partial charge in [0.1, 0.15) is 11.5 Å². The third kappa shape index (κ3) is 5.96. The number of nitrogens with one attached hydrogen (secondary N) is 3. The molecule has 28 heavy (non-hydrogen) atoms. The van der Waals surface area contributed by atoms with Gasteiger partial charge < -0.3 is 14.8 Å². The number of hydrazine groups is 1. The predicted molar refractivity (Wildman–Crippen MR) is 102 cm³/mol. The number of ether oxygens (including phenoxy) is 2. The number of carbonyl (C=O) groups excluding carboxylic acids is 2. The molecular formula is C18H21N3O6S. The Kier molecular flexibility index (Phi) is 6.96. The molecule has 0 aliphatic rings. The molecule has 0 saturated carbocycles. The largest absolute Gasteiger partial charge is 0.495 e. The molecule has 0 bridgehead atoms. The molecule has 9 nitrogen and oxygen atoms in total. The van der Waals surface area contributed by atoms with E-state index in [1.807, 2.05) is 17.8 Å². The number of hydrogen-bond acceptors (Lipinski definition) is 6. The highest BCUT2D eigenvalue weighted by Gasteiger charge is 2.18. The van der Waals surface area contributed by atoms with Crippen molar-refractivity contribution in [3.8, 4) is 11.5 Å². The number of aryl methyl sites for hydroxylation is 1. The van der Waals surface area contributed by atoms with E-state index in [0.717, 1.165) is 5.56 Å². The van der Waals surface area contributed by atoms with Gasteiger partial charge >= 0.3 is 0 Å². The van der Waals surface area contributed by atoms with Crippen molar-refractivity contribution < 1.29 is 27.5 Å². The molecule has 2 amide bonds. The number of rotatable bonds is 8. The molecule has 0 aromatic heterocycles. The van der Waals surface area contributed by atoms with Gasteiger partial charge in [-0.25, -0.2) is 8.42 Å². The van der Waals surface area contributed by atoms with Crippen LogP contribution in [0.5, 0.6) is 11.5 Å². The Labute approximate surface area is 163 Å². The van der Waals surface area contributed by atoms with Gasteiger partial charge in [-0.3, -0.25) is 15.0 Å². The van der Waals surface area contributed by atoms with Crippen molar-refractivity contribution in [2.75, 3.05) is 19.0 Å². The van der Waals surface area contributed by atoms with Gasteiger partial charge in [0.05, 0.1) is 17.7 Å². The molecule has 0 unspecified atom stereocenters. The van der Waals surface area contributed by atoms with Gasteiger partial charge in [0, 0.05) is 6.92 Å². The normalized spacial score (nSPS) is 10.8. The van der Waals surface area contributed by atoms with Crippen LogP contribution < -0.4 is 25.0 Å². The second-order valence-electron chi connectivity index (χ2n) is 5.80. The molecule has 2 aromatic carbocycles. The number of benzene rings is 2. The summed E-state index contributed by atoms with van der Waals surface area (Å²) >= 11 is 0. The average Bonchev–Trinajstić information content (AvgIpc) is 2.64. The van der Waals surface area contributed by atoms with Gasteiger partial charge in [0.15, 0.2) is 6.61 Å². The van der Waals surface area contributed by atoms with Crippen LogP contribution >= 0.6 is 0 Å². The maximum Gasteiger partial charge on any atom is 0.272 e. The Morgan fingerprint density at radius 1 is 1.11 bits per heavy atom. The van der Waals surface area contributed by atoms with Gasteiger partial charge in [0.25, 0.3) is 15.9 Å². The van der Waals surface area contributed by atoms with Crippen LogP contribution in [0.2, 0.25) is 0 Å². The Morgan fingerprint density at radius 3 is 2.50 bits per heavy atom. The molecule has 0 aliphatic carbocycles. The van der Waals surface area contributed by atoms with Gasteiger partial charge in [-0.05, 0) is 42.8 Å². The minimum atomic E-state index is -4.07. The van der Waals surface area contributed by atoms with Gasteiger partial charge in [-0.1, -0.05) is 12.1 Å². The molecule has 0 heterocycles. The maximum absolute atomic E-state index is 12.4. The van der Waals surface area contributed by atoms with Crippen molar-refractivity contribution in [3.63, 3.8) is 0 Å². The van der Waals surface area contributed by atoms with Crippen molar-refractivity contribution in [2.24, 2.45) is 0 Å². The zero-order chi connectivity index (χ0) is 20.7. The molecule has 0 saturated heterocycles. The second kappa shape index (κ2) is 9.20. The third-order valence-electron chi connectivity index (χ3n) is 3.48.